The van der Waals surface area contributed by atoms with Crippen LogP contribution >= 0.6 is 0 Å². The zero-order valence-electron chi connectivity index (χ0n) is 20.2. The summed E-state index contributed by atoms with van der Waals surface area (Å²) in [4.78, 5) is 39.2. The molecule has 0 spiro atoms. The van der Waals surface area contributed by atoms with Gasteiger partial charge in [0.15, 0.2) is 0 Å². The average Bonchev–Trinajstić information content (AvgIpc) is 2.77. The van der Waals surface area contributed by atoms with Crippen molar-refractivity contribution in [2.45, 2.75) is 89.9 Å². The van der Waals surface area contributed by atoms with Crippen LogP contribution < -0.4 is 10.6 Å². The van der Waals surface area contributed by atoms with Gasteiger partial charge in [-0.05, 0) is 75.8 Å². The molecule has 2 atom stereocenters. The van der Waals surface area contributed by atoms with Gasteiger partial charge in [0.1, 0.15) is 12.1 Å². The van der Waals surface area contributed by atoms with Gasteiger partial charge < -0.3 is 25.2 Å². The number of carboxylic acids is 1. The minimum atomic E-state index is -1.14. The molecular formula is C25H37N3O6. The topological polar surface area (TPSA) is 127 Å². The summed E-state index contributed by atoms with van der Waals surface area (Å²) >= 11 is 0. The molecule has 3 N–H and O–H groups in total. The third kappa shape index (κ3) is 8.27. The second-order valence-electron chi connectivity index (χ2n) is 9.46. The van der Waals surface area contributed by atoms with Crippen molar-refractivity contribution >= 4 is 18.0 Å². The number of carboxylic acid groups (broad SMARTS) is 1. The van der Waals surface area contributed by atoms with Crippen LogP contribution in [-0.2, 0) is 38.3 Å². The van der Waals surface area contributed by atoms with Crippen molar-refractivity contribution in [3.8, 4) is 0 Å². The van der Waals surface area contributed by atoms with Gasteiger partial charge in [0, 0.05) is 31.3 Å². The van der Waals surface area contributed by atoms with Crippen LogP contribution in [0.1, 0.15) is 69.3 Å². The van der Waals surface area contributed by atoms with Gasteiger partial charge in [0.25, 0.3) is 0 Å². The summed E-state index contributed by atoms with van der Waals surface area (Å²) in [6.07, 6.45) is 7.67. The Balaban J connectivity index is 1.29. The molecule has 0 saturated heterocycles. The average molecular weight is 476 g/mol. The molecule has 9 nitrogen and oxygen atoms in total. The number of ether oxygens (including phenoxy) is 2. The molecular weight excluding hydrogens is 438 g/mol. The summed E-state index contributed by atoms with van der Waals surface area (Å²) in [6, 6.07) is 3.32. The zero-order chi connectivity index (χ0) is 24.5. The Morgan fingerprint density at radius 1 is 1.21 bits per heavy atom. The van der Waals surface area contributed by atoms with Crippen LogP contribution in [0.4, 0.5) is 4.79 Å². The summed E-state index contributed by atoms with van der Waals surface area (Å²) in [7, 11) is 0. The summed E-state index contributed by atoms with van der Waals surface area (Å²) < 4.78 is 10.9. The number of nitrogens with zero attached hydrogens (tertiary/aromatic N) is 1. The minimum absolute atomic E-state index is 0.139. The van der Waals surface area contributed by atoms with Crippen LogP contribution in [0, 0.1) is 5.92 Å². The number of hydrogen-bond donors (Lipinski definition) is 3. The summed E-state index contributed by atoms with van der Waals surface area (Å²) in [5.74, 6) is -0.764. The van der Waals surface area contributed by atoms with Gasteiger partial charge >= 0.3 is 12.1 Å². The van der Waals surface area contributed by atoms with Crippen molar-refractivity contribution in [1.29, 1.82) is 0 Å². The number of aromatic nitrogens is 1. The highest BCUT2D eigenvalue weighted by molar-refractivity contribution is 5.80. The fourth-order valence-corrected chi connectivity index (χ4v) is 4.46. The van der Waals surface area contributed by atoms with Gasteiger partial charge in [-0.2, -0.15) is 0 Å². The molecule has 0 radical (unpaired) electrons. The van der Waals surface area contributed by atoms with E-state index in [4.69, 9.17) is 14.5 Å². The van der Waals surface area contributed by atoms with E-state index >= 15 is 0 Å². The Kier molecular flexibility index (Phi) is 9.68. The van der Waals surface area contributed by atoms with E-state index in [0.29, 0.717) is 5.92 Å². The number of fused-ring (bicyclic) bond motifs is 1. The highest BCUT2D eigenvalue weighted by Crippen LogP contribution is 2.34. The molecule has 3 rings (SSSR count). The molecule has 1 unspecified atom stereocenters. The Bertz CT molecular complexity index is 855. The van der Waals surface area contributed by atoms with Crippen LogP contribution in [-0.4, -0.2) is 59.5 Å². The van der Waals surface area contributed by atoms with Crippen molar-refractivity contribution in [1.82, 2.24) is 15.6 Å². The lowest BCUT2D eigenvalue weighted by molar-refractivity contribution is -0.140. The molecule has 0 bridgehead atoms. The Morgan fingerprint density at radius 3 is 2.71 bits per heavy atom. The molecule has 1 fully saturated rings. The Hall–Kier alpha value is -2.68. The van der Waals surface area contributed by atoms with Gasteiger partial charge in [-0.1, -0.05) is 6.07 Å². The Labute approximate surface area is 201 Å². The van der Waals surface area contributed by atoms with E-state index in [1.807, 2.05) is 0 Å². The standard InChI is InChI=1S/C25H37N3O6/c1-16(15-26-17(2)29)34-25(32)28-23(24(30)31)11-12-33-21-13-18(14-21)7-9-20-10-8-19-5-3-4-6-22(19)27-20/h8,10,16,18,21,23H,3-7,9,11-15H2,1-2H3,(H,26,29)(H,28,32)(H,30,31)/t16-,18?,21?,23?/m1/s1. The molecule has 9 heteroatoms. The fourth-order valence-electron chi connectivity index (χ4n) is 4.46. The molecule has 34 heavy (non-hydrogen) atoms. The first-order valence-corrected chi connectivity index (χ1v) is 12.3. The van der Waals surface area contributed by atoms with Crippen LogP contribution in [0.15, 0.2) is 12.1 Å². The fraction of sp³-hybridized carbons (Fsp3) is 0.680. The number of alkyl carbamates (subject to hydrolysis) is 1. The van der Waals surface area contributed by atoms with Crippen molar-refractivity contribution in [2.75, 3.05) is 13.2 Å². The lowest BCUT2D eigenvalue weighted by atomic mass is 9.79. The van der Waals surface area contributed by atoms with E-state index < -0.39 is 24.2 Å². The van der Waals surface area contributed by atoms with Gasteiger partial charge in [0.05, 0.1) is 12.6 Å². The van der Waals surface area contributed by atoms with E-state index in [1.54, 1.807) is 6.92 Å². The molecule has 2 amide bonds. The molecule has 1 aromatic rings. The number of carbonyl (C=O) groups excluding carboxylic acids is 2. The van der Waals surface area contributed by atoms with Gasteiger partial charge in [-0.15, -0.1) is 0 Å². The predicted octanol–water partition coefficient (Wildman–Crippen LogP) is 2.78. The van der Waals surface area contributed by atoms with E-state index in [9.17, 15) is 19.5 Å². The first kappa shape index (κ1) is 25.9. The second-order valence-corrected chi connectivity index (χ2v) is 9.46. The highest BCUT2D eigenvalue weighted by atomic mass is 16.6. The van der Waals surface area contributed by atoms with Crippen LogP contribution in [0.25, 0.3) is 0 Å². The molecule has 1 saturated carbocycles. The maximum atomic E-state index is 11.9. The molecule has 2 aliphatic carbocycles. The quantitative estimate of drug-likeness (QED) is 0.424. The number of nitrogens with one attached hydrogen (secondary N) is 2. The molecule has 2 aliphatic rings. The van der Waals surface area contributed by atoms with Gasteiger partial charge in [-0.25, -0.2) is 9.59 Å². The molecule has 0 aromatic carbocycles. The zero-order valence-corrected chi connectivity index (χ0v) is 20.2. The summed E-state index contributed by atoms with van der Waals surface area (Å²) in [6.45, 7) is 3.39. The number of aliphatic carboxylic acids is 1. The number of aryl methyl sites for hydroxylation is 3. The van der Waals surface area contributed by atoms with Crippen molar-refractivity contribution in [3.63, 3.8) is 0 Å². The van der Waals surface area contributed by atoms with Crippen molar-refractivity contribution in [2.24, 2.45) is 5.92 Å². The first-order chi connectivity index (χ1) is 16.3. The lowest BCUT2D eigenvalue weighted by Crippen LogP contribution is -2.44. The van der Waals surface area contributed by atoms with Crippen LogP contribution in [0.2, 0.25) is 0 Å². The first-order valence-electron chi connectivity index (χ1n) is 12.3. The molecule has 1 heterocycles. The van der Waals surface area contributed by atoms with Crippen molar-refractivity contribution < 1.29 is 29.0 Å². The summed E-state index contributed by atoms with van der Waals surface area (Å²) in [5.41, 5.74) is 3.87. The SMILES string of the molecule is CC(=O)NC[C@@H](C)OC(=O)NC(CCOC1CC(CCc2ccc3c(n2)CCCC3)C1)C(=O)O. The maximum Gasteiger partial charge on any atom is 0.408 e. The van der Waals surface area contributed by atoms with E-state index in [-0.39, 0.29) is 31.6 Å². The number of carbonyl (C=O) groups is 3. The molecule has 0 aliphatic heterocycles. The van der Waals surface area contributed by atoms with E-state index in [0.717, 1.165) is 38.5 Å². The normalized spacial score (nSPS) is 20.9. The monoisotopic (exact) mass is 475 g/mol. The van der Waals surface area contributed by atoms with Gasteiger partial charge in [-0.3, -0.25) is 9.78 Å². The number of amides is 2. The smallest absolute Gasteiger partial charge is 0.408 e. The Morgan fingerprint density at radius 2 is 1.97 bits per heavy atom. The second kappa shape index (κ2) is 12.7. The third-order valence-corrected chi connectivity index (χ3v) is 6.53. The van der Waals surface area contributed by atoms with Gasteiger partial charge in [0.2, 0.25) is 5.91 Å². The highest BCUT2D eigenvalue weighted by Gasteiger charge is 2.30. The maximum absolute atomic E-state index is 11.9. The largest absolute Gasteiger partial charge is 0.480 e. The predicted molar refractivity (Wildman–Crippen MR) is 125 cm³/mol. The molecule has 1 aromatic heterocycles. The van der Waals surface area contributed by atoms with Crippen LogP contribution in [0.5, 0.6) is 0 Å². The van der Waals surface area contributed by atoms with E-state index in [2.05, 4.69) is 22.8 Å². The third-order valence-electron chi connectivity index (χ3n) is 6.53. The van der Waals surface area contributed by atoms with Crippen LogP contribution in [0.3, 0.4) is 0 Å². The number of pyridine rings is 1. The minimum Gasteiger partial charge on any atom is -0.480 e. The lowest BCUT2D eigenvalue weighted by Gasteiger charge is -2.35. The van der Waals surface area contributed by atoms with E-state index in [1.165, 1.54) is 36.7 Å². The number of rotatable bonds is 12. The van der Waals surface area contributed by atoms with Crippen molar-refractivity contribution in [3.05, 3.63) is 29.1 Å². The number of hydrogen-bond acceptors (Lipinski definition) is 6. The molecule has 188 valence electrons. The summed E-state index contributed by atoms with van der Waals surface area (Å²) in [5, 5.41) is 14.3.